The van der Waals surface area contributed by atoms with E-state index in [1.807, 2.05) is 4.52 Å². The molecule has 0 bridgehead atoms. The quantitative estimate of drug-likeness (QED) is 0.847. The number of morpholine rings is 1. The number of ether oxygens (including phenoxy) is 1. The summed E-state index contributed by atoms with van der Waals surface area (Å²) in [6, 6.07) is 0. The maximum absolute atomic E-state index is 12.4. The zero-order valence-corrected chi connectivity index (χ0v) is 12.7. The van der Waals surface area contributed by atoms with Gasteiger partial charge in [-0.15, -0.1) is 5.10 Å². The number of H-pyrrole nitrogens is 1. The van der Waals surface area contributed by atoms with Crippen molar-refractivity contribution in [3.63, 3.8) is 0 Å². The van der Waals surface area contributed by atoms with Gasteiger partial charge in [0.25, 0.3) is 5.56 Å². The van der Waals surface area contributed by atoms with Crippen LogP contribution in [0.1, 0.15) is 36.9 Å². The van der Waals surface area contributed by atoms with Crippen LogP contribution in [0.4, 0.5) is 5.95 Å². The topological polar surface area (TPSA) is 75.5 Å². The molecular weight excluding hydrogens is 282 g/mol. The van der Waals surface area contributed by atoms with Crippen molar-refractivity contribution in [1.29, 1.82) is 0 Å². The first-order chi connectivity index (χ1) is 10.8. The third-order valence-corrected chi connectivity index (χ3v) is 4.58. The van der Waals surface area contributed by atoms with Crippen molar-refractivity contribution >= 4 is 11.7 Å². The average molecular weight is 303 g/mol. The molecule has 2 aromatic rings. The van der Waals surface area contributed by atoms with E-state index in [1.165, 1.54) is 12.8 Å². The highest BCUT2D eigenvalue weighted by Gasteiger charge is 2.20. The molecule has 1 aliphatic heterocycles. The summed E-state index contributed by atoms with van der Waals surface area (Å²) in [7, 11) is 0. The number of aromatic nitrogens is 4. The first-order valence-corrected chi connectivity index (χ1v) is 8.16. The van der Waals surface area contributed by atoms with Crippen LogP contribution in [0.2, 0.25) is 0 Å². The highest BCUT2D eigenvalue weighted by atomic mass is 16.5. The standard InChI is InChI=1S/C15H21N5O2/c21-13-11-5-3-1-2-4-6-12(11)20-14(16-13)17-15(18-20)19-7-9-22-10-8-19/h1-10H2,(H,16,17,18,21). The maximum atomic E-state index is 12.4. The maximum Gasteiger partial charge on any atom is 0.255 e. The van der Waals surface area contributed by atoms with Crippen LogP contribution in [0.15, 0.2) is 4.79 Å². The third kappa shape index (κ3) is 2.39. The molecule has 0 spiro atoms. The highest BCUT2D eigenvalue weighted by molar-refractivity contribution is 5.42. The number of nitrogens with one attached hydrogen (secondary N) is 1. The largest absolute Gasteiger partial charge is 0.378 e. The fourth-order valence-corrected chi connectivity index (χ4v) is 3.37. The van der Waals surface area contributed by atoms with Gasteiger partial charge in [0.2, 0.25) is 11.7 Å². The fraction of sp³-hybridized carbons (Fsp3) is 0.667. The van der Waals surface area contributed by atoms with Gasteiger partial charge >= 0.3 is 0 Å². The zero-order valence-electron chi connectivity index (χ0n) is 12.7. The van der Waals surface area contributed by atoms with E-state index < -0.39 is 0 Å². The summed E-state index contributed by atoms with van der Waals surface area (Å²) in [6.07, 6.45) is 6.35. The number of anilines is 1. The normalized spacial score (nSPS) is 19.7. The Labute approximate surface area is 128 Å². The van der Waals surface area contributed by atoms with Crippen LogP contribution >= 0.6 is 0 Å². The summed E-state index contributed by atoms with van der Waals surface area (Å²) in [5.41, 5.74) is 1.95. The molecule has 2 aliphatic rings. The molecule has 0 radical (unpaired) electrons. The van der Waals surface area contributed by atoms with Crippen LogP contribution in [0, 0.1) is 0 Å². The molecule has 7 nitrogen and oxygen atoms in total. The number of rotatable bonds is 1. The Morgan fingerprint density at radius 1 is 1.05 bits per heavy atom. The molecule has 1 fully saturated rings. The van der Waals surface area contributed by atoms with E-state index in [9.17, 15) is 4.79 Å². The summed E-state index contributed by atoms with van der Waals surface area (Å²) >= 11 is 0. The molecule has 7 heteroatoms. The molecule has 1 N–H and O–H groups in total. The Bertz CT molecular complexity index is 729. The summed E-state index contributed by atoms with van der Waals surface area (Å²) in [5, 5.41) is 4.67. The minimum absolute atomic E-state index is 0.00493. The molecule has 2 aromatic heterocycles. The van der Waals surface area contributed by atoms with Crippen molar-refractivity contribution < 1.29 is 4.74 Å². The summed E-state index contributed by atoms with van der Waals surface area (Å²) in [4.78, 5) is 21.9. The van der Waals surface area contributed by atoms with Gasteiger partial charge < -0.3 is 9.64 Å². The summed E-state index contributed by atoms with van der Waals surface area (Å²) < 4.78 is 7.23. The lowest BCUT2D eigenvalue weighted by Gasteiger charge is -2.25. The van der Waals surface area contributed by atoms with E-state index in [0.29, 0.717) is 24.9 Å². The molecule has 1 saturated heterocycles. The molecule has 0 atom stereocenters. The van der Waals surface area contributed by atoms with Gasteiger partial charge in [-0.25, -0.2) is 4.52 Å². The van der Waals surface area contributed by atoms with Gasteiger partial charge in [0.15, 0.2) is 0 Å². The monoisotopic (exact) mass is 303 g/mol. The molecule has 3 heterocycles. The Hall–Kier alpha value is -1.89. The van der Waals surface area contributed by atoms with Crippen molar-refractivity contribution in [1.82, 2.24) is 19.6 Å². The van der Waals surface area contributed by atoms with Crippen molar-refractivity contribution in [3.8, 4) is 0 Å². The number of nitrogens with zero attached hydrogens (tertiary/aromatic N) is 4. The molecule has 1 aliphatic carbocycles. The summed E-state index contributed by atoms with van der Waals surface area (Å²) in [6.45, 7) is 2.99. The number of aryl methyl sites for hydroxylation is 1. The minimum Gasteiger partial charge on any atom is -0.378 e. The molecule has 0 aromatic carbocycles. The lowest BCUT2D eigenvalue weighted by Crippen LogP contribution is -2.36. The van der Waals surface area contributed by atoms with Crippen molar-refractivity contribution in [2.24, 2.45) is 0 Å². The van der Waals surface area contributed by atoms with Gasteiger partial charge in [-0.1, -0.05) is 12.8 Å². The molecule has 0 amide bonds. The second-order valence-corrected chi connectivity index (χ2v) is 6.04. The van der Waals surface area contributed by atoms with Crippen LogP contribution in [-0.4, -0.2) is 45.9 Å². The third-order valence-electron chi connectivity index (χ3n) is 4.58. The minimum atomic E-state index is 0.00493. The van der Waals surface area contributed by atoms with Gasteiger partial charge in [0, 0.05) is 18.7 Å². The lowest BCUT2D eigenvalue weighted by molar-refractivity contribution is 0.122. The molecule has 0 saturated carbocycles. The molecule has 22 heavy (non-hydrogen) atoms. The SMILES string of the molecule is O=c1[nH]c2nc(N3CCOCC3)nn2c2c1CCCCCC2. The van der Waals surface area contributed by atoms with E-state index in [2.05, 4.69) is 20.0 Å². The first kappa shape index (κ1) is 13.8. The van der Waals surface area contributed by atoms with Crippen LogP contribution in [-0.2, 0) is 17.6 Å². The van der Waals surface area contributed by atoms with Crippen LogP contribution in [0.25, 0.3) is 5.78 Å². The van der Waals surface area contributed by atoms with Gasteiger partial charge in [-0.2, -0.15) is 4.98 Å². The second-order valence-electron chi connectivity index (χ2n) is 6.04. The van der Waals surface area contributed by atoms with Crippen LogP contribution in [0.3, 0.4) is 0 Å². The Morgan fingerprint density at radius 2 is 1.82 bits per heavy atom. The number of hydrogen-bond acceptors (Lipinski definition) is 5. The fourth-order valence-electron chi connectivity index (χ4n) is 3.37. The van der Waals surface area contributed by atoms with Crippen molar-refractivity contribution in [3.05, 3.63) is 21.6 Å². The van der Waals surface area contributed by atoms with E-state index in [0.717, 1.165) is 50.0 Å². The number of aromatic amines is 1. The number of fused-ring (bicyclic) bond motifs is 3. The Balaban J connectivity index is 1.81. The average Bonchev–Trinajstić information content (AvgIpc) is 2.92. The highest BCUT2D eigenvalue weighted by Crippen LogP contribution is 2.19. The van der Waals surface area contributed by atoms with Gasteiger partial charge in [0.05, 0.1) is 18.9 Å². The predicted octanol–water partition coefficient (Wildman–Crippen LogP) is 0.913. The lowest BCUT2D eigenvalue weighted by atomic mass is 9.98. The number of hydrogen-bond donors (Lipinski definition) is 1. The van der Waals surface area contributed by atoms with Crippen molar-refractivity contribution in [2.75, 3.05) is 31.2 Å². The van der Waals surface area contributed by atoms with E-state index in [1.54, 1.807) is 0 Å². The van der Waals surface area contributed by atoms with Crippen LogP contribution in [0.5, 0.6) is 0 Å². The molecule has 118 valence electrons. The molecule has 0 unspecified atom stereocenters. The van der Waals surface area contributed by atoms with Crippen LogP contribution < -0.4 is 10.5 Å². The Morgan fingerprint density at radius 3 is 2.64 bits per heavy atom. The van der Waals surface area contributed by atoms with E-state index in [-0.39, 0.29) is 5.56 Å². The second kappa shape index (κ2) is 5.72. The first-order valence-electron chi connectivity index (χ1n) is 8.16. The van der Waals surface area contributed by atoms with E-state index >= 15 is 0 Å². The van der Waals surface area contributed by atoms with Gasteiger partial charge in [0.1, 0.15) is 0 Å². The van der Waals surface area contributed by atoms with E-state index in [4.69, 9.17) is 4.74 Å². The van der Waals surface area contributed by atoms with Gasteiger partial charge in [-0.3, -0.25) is 9.78 Å². The van der Waals surface area contributed by atoms with Gasteiger partial charge in [-0.05, 0) is 25.7 Å². The Kier molecular flexibility index (Phi) is 3.57. The zero-order chi connectivity index (χ0) is 14.9. The molecule has 4 rings (SSSR count). The summed E-state index contributed by atoms with van der Waals surface area (Å²) in [5.74, 6) is 1.25. The molecular formula is C15H21N5O2. The van der Waals surface area contributed by atoms with Crippen molar-refractivity contribution in [2.45, 2.75) is 38.5 Å². The smallest absolute Gasteiger partial charge is 0.255 e. The predicted molar refractivity (Wildman–Crippen MR) is 82.5 cm³/mol.